The average molecular weight is 517 g/mol. The monoisotopic (exact) mass is 516 g/mol. The molecule has 5 nitrogen and oxygen atoms in total. The van der Waals surface area contributed by atoms with Crippen molar-refractivity contribution >= 4 is 38.3 Å². The number of hydrogen-bond acceptors (Lipinski definition) is 3. The van der Waals surface area contributed by atoms with E-state index < -0.39 is 28.9 Å². The molecule has 0 saturated carbocycles. The number of amides is 1. The number of fused-ring (bicyclic) bond motifs is 1. The highest BCUT2D eigenvalue weighted by Crippen LogP contribution is 2.34. The van der Waals surface area contributed by atoms with Crippen molar-refractivity contribution in [2.24, 2.45) is 0 Å². The molecule has 0 atom stereocenters. The molecule has 0 bridgehead atoms. The number of carbonyl (C=O) groups excluding carboxylic acids is 1. The molecular weight excluding hydrogens is 501 g/mol. The molecule has 168 valence electrons. The number of H-pyrrole nitrogens is 1. The summed E-state index contributed by atoms with van der Waals surface area (Å²) in [6, 6.07) is 17.4. The first-order valence-electron chi connectivity index (χ1n) is 9.73. The largest absolute Gasteiger partial charge is 0.508 e. The summed E-state index contributed by atoms with van der Waals surface area (Å²) in [6.07, 6.45) is -5.22. The Bertz CT molecular complexity index is 1410. The lowest BCUT2D eigenvalue weighted by atomic mass is 9.95. The Morgan fingerprint density at radius 3 is 2.42 bits per heavy atom. The van der Waals surface area contributed by atoms with Gasteiger partial charge in [0.15, 0.2) is 0 Å². The van der Waals surface area contributed by atoms with Gasteiger partial charge in [-0.15, -0.1) is 0 Å². The molecule has 4 rings (SSSR count). The zero-order valence-corrected chi connectivity index (χ0v) is 18.4. The van der Waals surface area contributed by atoms with E-state index in [0.29, 0.717) is 11.1 Å². The molecule has 1 heterocycles. The molecule has 0 spiro atoms. The van der Waals surface area contributed by atoms with E-state index in [0.717, 1.165) is 15.9 Å². The number of pyridine rings is 1. The van der Waals surface area contributed by atoms with Crippen LogP contribution in [0, 0.1) is 0 Å². The van der Waals surface area contributed by atoms with Gasteiger partial charge in [-0.05, 0) is 52.7 Å². The number of aromatic nitrogens is 1. The molecule has 0 radical (unpaired) electrons. The van der Waals surface area contributed by atoms with Crippen molar-refractivity contribution in [2.75, 3.05) is 5.32 Å². The quantitative estimate of drug-likeness (QED) is 0.317. The van der Waals surface area contributed by atoms with E-state index in [2.05, 4.69) is 21.2 Å². The van der Waals surface area contributed by atoms with Crippen molar-refractivity contribution in [2.45, 2.75) is 12.6 Å². The van der Waals surface area contributed by atoms with Gasteiger partial charge < -0.3 is 15.4 Å². The van der Waals surface area contributed by atoms with E-state index in [9.17, 15) is 27.9 Å². The second kappa shape index (κ2) is 8.74. The highest BCUT2D eigenvalue weighted by Gasteiger charge is 2.36. The van der Waals surface area contributed by atoms with Gasteiger partial charge in [-0.1, -0.05) is 46.3 Å². The highest BCUT2D eigenvalue weighted by molar-refractivity contribution is 9.10. The summed E-state index contributed by atoms with van der Waals surface area (Å²) in [5.74, 6) is -1.04. The predicted octanol–water partition coefficient (Wildman–Crippen LogP) is 5.86. The number of alkyl halides is 3. The number of rotatable bonds is 4. The summed E-state index contributed by atoms with van der Waals surface area (Å²) >= 11 is 3.26. The molecule has 1 amide bonds. The van der Waals surface area contributed by atoms with E-state index in [1.54, 1.807) is 54.6 Å². The van der Waals surface area contributed by atoms with Crippen molar-refractivity contribution in [3.63, 3.8) is 0 Å². The number of aromatic hydroxyl groups is 1. The van der Waals surface area contributed by atoms with Crippen LogP contribution in [-0.4, -0.2) is 16.0 Å². The molecule has 9 heteroatoms. The summed E-state index contributed by atoms with van der Waals surface area (Å²) in [7, 11) is 0. The molecule has 4 aromatic rings. The van der Waals surface area contributed by atoms with Crippen LogP contribution < -0.4 is 10.9 Å². The van der Waals surface area contributed by atoms with Gasteiger partial charge in [-0.3, -0.25) is 9.59 Å². The Morgan fingerprint density at radius 2 is 1.73 bits per heavy atom. The van der Waals surface area contributed by atoms with Gasteiger partial charge in [-0.2, -0.15) is 13.2 Å². The summed E-state index contributed by atoms with van der Waals surface area (Å²) in [5.41, 5.74) is -2.61. The summed E-state index contributed by atoms with van der Waals surface area (Å²) in [4.78, 5) is 26.9. The minimum absolute atomic E-state index is 0.186. The number of hydrogen-bond donors (Lipinski definition) is 3. The lowest BCUT2D eigenvalue weighted by Crippen LogP contribution is -2.27. The van der Waals surface area contributed by atoms with E-state index in [1.165, 1.54) is 6.07 Å². The first-order chi connectivity index (χ1) is 15.6. The summed E-state index contributed by atoms with van der Waals surface area (Å²) in [5, 5.41) is 14.2. The highest BCUT2D eigenvalue weighted by atomic mass is 79.9. The van der Waals surface area contributed by atoms with Crippen molar-refractivity contribution in [3.05, 3.63) is 104 Å². The van der Waals surface area contributed by atoms with Gasteiger partial charge in [-0.25, -0.2) is 0 Å². The third kappa shape index (κ3) is 4.78. The fourth-order valence-electron chi connectivity index (χ4n) is 3.57. The van der Waals surface area contributed by atoms with Gasteiger partial charge in [0.05, 0.1) is 0 Å². The molecule has 0 fully saturated rings. The number of aromatic amines is 1. The maximum atomic E-state index is 13.7. The summed E-state index contributed by atoms with van der Waals surface area (Å²) in [6.45, 7) is 0. The van der Waals surface area contributed by atoms with E-state index in [4.69, 9.17) is 0 Å². The molecule has 1 aromatic heterocycles. The number of carbonyl (C=O) groups is 1. The third-order valence-corrected chi connectivity index (χ3v) is 5.66. The predicted molar refractivity (Wildman–Crippen MR) is 123 cm³/mol. The lowest BCUT2D eigenvalue weighted by molar-refractivity contribution is -0.141. The molecule has 33 heavy (non-hydrogen) atoms. The number of phenolic OH excluding ortho intramolecular Hbond substituents is 1. The number of phenols is 1. The summed E-state index contributed by atoms with van der Waals surface area (Å²) < 4.78 is 41.9. The van der Waals surface area contributed by atoms with Crippen LogP contribution in [-0.2, 0) is 12.6 Å². The van der Waals surface area contributed by atoms with Crippen LogP contribution >= 0.6 is 15.9 Å². The van der Waals surface area contributed by atoms with Crippen LogP contribution in [0.1, 0.15) is 27.2 Å². The van der Waals surface area contributed by atoms with Gasteiger partial charge in [0, 0.05) is 22.1 Å². The van der Waals surface area contributed by atoms with E-state index >= 15 is 0 Å². The lowest BCUT2D eigenvalue weighted by Gasteiger charge is -2.16. The molecule has 0 aliphatic heterocycles. The zero-order valence-electron chi connectivity index (χ0n) is 16.8. The van der Waals surface area contributed by atoms with Crippen molar-refractivity contribution in [1.82, 2.24) is 4.98 Å². The Kier molecular flexibility index (Phi) is 5.99. The molecule has 0 aliphatic rings. The van der Waals surface area contributed by atoms with Gasteiger partial charge in [0.25, 0.3) is 11.5 Å². The Hall–Kier alpha value is -3.59. The SMILES string of the molecule is O=C(Nc1ccc(Br)cc1)c1cc(Cc2c(O)ccc3ccccc23)c(C(F)(F)F)[nH]c1=O. The number of benzene rings is 3. The van der Waals surface area contributed by atoms with Crippen LogP contribution in [0.3, 0.4) is 0 Å². The van der Waals surface area contributed by atoms with Crippen LogP contribution in [0.25, 0.3) is 10.8 Å². The zero-order chi connectivity index (χ0) is 23.8. The Balaban J connectivity index is 1.80. The molecule has 0 unspecified atom stereocenters. The molecule has 0 aliphatic carbocycles. The normalized spacial score (nSPS) is 11.5. The van der Waals surface area contributed by atoms with Crippen LogP contribution in [0.2, 0.25) is 0 Å². The number of halogens is 4. The first-order valence-corrected chi connectivity index (χ1v) is 10.5. The van der Waals surface area contributed by atoms with Crippen LogP contribution in [0.15, 0.2) is 76.0 Å². The average Bonchev–Trinajstić information content (AvgIpc) is 2.77. The standard InChI is InChI=1S/C24H16BrF3N2O3/c25-15-6-8-16(9-7-15)29-22(32)19-12-14(21(24(26,27)28)30-23(19)33)11-18-17-4-2-1-3-13(17)5-10-20(18)31/h1-10,12,31H,11H2,(H,29,32)(H,30,33). The second-order valence-electron chi connectivity index (χ2n) is 7.33. The molecule has 3 N–H and O–H groups in total. The van der Waals surface area contributed by atoms with Crippen molar-refractivity contribution < 1.29 is 23.1 Å². The smallest absolute Gasteiger partial charge is 0.431 e. The van der Waals surface area contributed by atoms with Gasteiger partial charge >= 0.3 is 6.18 Å². The minimum atomic E-state index is -4.87. The fourth-order valence-corrected chi connectivity index (χ4v) is 3.83. The fraction of sp³-hybridized carbons (Fsp3) is 0.0833. The number of anilines is 1. The Morgan fingerprint density at radius 1 is 1.03 bits per heavy atom. The van der Waals surface area contributed by atoms with Gasteiger partial charge in [0.1, 0.15) is 17.0 Å². The van der Waals surface area contributed by atoms with Crippen molar-refractivity contribution in [3.8, 4) is 5.75 Å². The maximum Gasteiger partial charge on any atom is 0.431 e. The Labute approximate surface area is 194 Å². The van der Waals surface area contributed by atoms with E-state index in [1.807, 2.05) is 4.98 Å². The topological polar surface area (TPSA) is 82.2 Å². The molecule has 0 saturated heterocycles. The van der Waals surface area contributed by atoms with Crippen LogP contribution in [0.4, 0.5) is 18.9 Å². The first kappa shape index (κ1) is 22.6. The van der Waals surface area contributed by atoms with E-state index in [-0.39, 0.29) is 23.3 Å². The molecule has 3 aromatic carbocycles. The van der Waals surface area contributed by atoms with Crippen LogP contribution in [0.5, 0.6) is 5.75 Å². The third-order valence-electron chi connectivity index (χ3n) is 5.14. The second-order valence-corrected chi connectivity index (χ2v) is 8.25. The minimum Gasteiger partial charge on any atom is -0.508 e. The van der Waals surface area contributed by atoms with Gasteiger partial charge in [0.2, 0.25) is 0 Å². The van der Waals surface area contributed by atoms with Crippen molar-refractivity contribution in [1.29, 1.82) is 0 Å². The maximum absolute atomic E-state index is 13.7. The molecular formula is C24H16BrF3N2O3. The number of nitrogens with one attached hydrogen (secondary N) is 2.